The number of ketones is 1. The minimum Gasteiger partial charge on any atom is -0.481 e. The zero-order valence-corrected chi connectivity index (χ0v) is 10.4. The maximum atomic E-state index is 11.0. The van der Waals surface area contributed by atoms with E-state index < -0.39 is 17.9 Å². The van der Waals surface area contributed by atoms with Crippen LogP contribution in [0.1, 0.15) is 46.5 Å². The van der Waals surface area contributed by atoms with Crippen LogP contribution >= 0.6 is 0 Å². The minimum absolute atomic E-state index is 0.143. The summed E-state index contributed by atoms with van der Waals surface area (Å²) >= 11 is 0. The van der Waals surface area contributed by atoms with Gasteiger partial charge in [-0.05, 0) is 25.7 Å². The van der Waals surface area contributed by atoms with E-state index in [1.165, 1.54) is 6.92 Å². The van der Waals surface area contributed by atoms with E-state index in [9.17, 15) is 9.59 Å². The van der Waals surface area contributed by atoms with E-state index in [0.29, 0.717) is 12.3 Å². The topological polar surface area (TPSA) is 80.4 Å². The Hall–Kier alpha value is -0.900. The first-order valence-corrected chi connectivity index (χ1v) is 5.83. The van der Waals surface area contributed by atoms with Crippen molar-refractivity contribution >= 4 is 11.8 Å². The predicted molar refractivity (Wildman–Crippen MR) is 63.1 cm³/mol. The molecule has 3 N–H and O–H groups in total. The Labute approximate surface area is 97.2 Å². The number of nitrogens with two attached hydrogens (primary N) is 1. The van der Waals surface area contributed by atoms with Crippen LogP contribution in [0.5, 0.6) is 0 Å². The summed E-state index contributed by atoms with van der Waals surface area (Å²) in [5.74, 6) is -0.899. The van der Waals surface area contributed by atoms with Gasteiger partial charge in [0.25, 0.3) is 0 Å². The summed E-state index contributed by atoms with van der Waals surface area (Å²) in [6.45, 7) is 5.62. The summed E-state index contributed by atoms with van der Waals surface area (Å²) < 4.78 is 0. The lowest BCUT2D eigenvalue weighted by Gasteiger charge is -2.16. The van der Waals surface area contributed by atoms with E-state index in [1.807, 2.05) is 0 Å². The van der Waals surface area contributed by atoms with Crippen LogP contribution in [0.15, 0.2) is 0 Å². The van der Waals surface area contributed by atoms with Gasteiger partial charge in [-0.2, -0.15) is 0 Å². The molecule has 0 aliphatic rings. The fourth-order valence-electron chi connectivity index (χ4n) is 1.59. The molecule has 0 aliphatic heterocycles. The van der Waals surface area contributed by atoms with Crippen LogP contribution in [0.4, 0.5) is 0 Å². The van der Waals surface area contributed by atoms with E-state index in [1.54, 1.807) is 0 Å². The first-order chi connectivity index (χ1) is 7.34. The molecule has 2 atom stereocenters. The number of carbonyl (C=O) groups excluding carboxylic acids is 1. The van der Waals surface area contributed by atoms with Gasteiger partial charge in [0.2, 0.25) is 0 Å². The number of carbonyl (C=O) groups is 2. The third kappa shape index (κ3) is 6.56. The van der Waals surface area contributed by atoms with Crippen molar-refractivity contribution in [2.45, 2.75) is 52.5 Å². The number of carboxylic acids is 1. The average Bonchev–Trinajstić information content (AvgIpc) is 2.14. The smallest absolute Gasteiger partial charge is 0.306 e. The molecule has 0 aromatic heterocycles. The monoisotopic (exact) mass is 229 g/mol. The molecular formula is C12H23NO3. The Morgan fingerprint density at radius 3 is 2.19 bits per heavy atom. The van der Waals surface area contributed by atoms with Gasteiger partial charge in [0.1, 0.15) is 5.78 Å². The summed E-state index contributed by atoms with van der Waals surface area (Å²) in [6, 6.07) is -0.639. The number of hydrogen-bond donors (Lipinski definition) is 2. The van der Waals surface area contributed by atoms with Crippen LogP contribution < -0.4 is 5.73 Å². The van der Waals surface area contributed by atoms with Gasteiger partial charge in [0, 0.05) is 0 Å². The van der Waals surface area contributed by atoms with E-state index in [0.717, 1.165) is 12.8 Å². The van der Waals surface area contributed by atoms with Crippen molar-refractivity contribution in [2.75, 3.05) is 0 Å². The molecule has 0 spiro atoms. The van der Waals surface area contributed by atoms with Crippen LogP contribution in [0.25, 0.3) is 0 Å². The Morgan fingerprint density at radius 1 is 1.25 bits per heavy atom. The van der Waals surface area contributed by atoms with E-state index in [2.05, 4.69) is 13.8 Å². The van der Waals surface area contributed by atoms with E-state index in [-0.39, 0.29) is 12.2 Å². The van der Waals surface area contributed by atoms with Gasteiger partial charge in [-0.25, -0.2) is 0 Å². The molecular weight excluding hydrogens is 206 g/mol. The fraction of sp³-hybridized carbons (Fsp3) is 0.833. The first kappa shape index (κ1) is 15.1. The molecule has 0 aromatic carbocycles. The molecule has 4 nitrogen and oxygen atoms in total. The molecule has 0 saturated carbocycles. The SMILES string of the molecule is CC(=O)[C@@H](N)C[C@H](CCCC(C)C)C(=O)O. The average molecular weight is 229 g/mol. The van der Waals surface area contributed by atoms with Crippen LogP contribution in [-0.2, 0) is 9.59 Å². The molecule has 0 unspecified atom stereocenters. The number of aliphatic carboxylic acids is 1. The fourth-order valence-corrected chi connectivity index (χ4v) is 1.59. The molecule has 0 bridgehead atoms. The van der Waals surface area contributed by atoms with Crippen molar-refractivity contribution in [3.8, 4) is 0 Å². The lowest BCUT2D eigenvalue weighted by molar-refractivity contribution is -0.142. The van der Waals surface area contributed by atoms with Gasteiger partial charge in [0.15, 0.2) is 0 Å². The van der Waals surface area contributed by atoms with Crippen molar-refractivity contribution in [3.63, 3.8) is 0 Å². The Bertz CT molecular complexity index is 238. The molecule has 0 amide bonds. The molecule has 0 radical (unpaired) electrons. The maximum Gasteiger partial charge on any atom is 0.306 e. The Kier molecular flexibility index (Phi) is 6.97. The maximum absolute atomic E-state index is 11.0. The van der Waals surface area contributed by atoms with Gasteiger partial charge < -0.3 is 10.8 Å². The quantitative estimate of drug-likeness (QED) is 0.665. The third-order valence-electron chi connectivity index (χ3n) is 2.74. The van der Waals surface area contributed by atoms with Gasteiger partial charge in [0.05, 0.1) is 12.0 Å². The highest BCUT2D eigenvalue weighted by molar-refractivity contribution is 5.82. The number of rotatable bonds is 8. The second kappa shape index (κ2) is 7.39. The highest BCUT2D eigenvalue weighted by Crippen LogP contribution is 2.17. The molecule has 4 heteroatoms. The third-order valence-corrected chi connectivity index (χ3v) is 2.74. The standard InChI is InChI=1S/C12H23NO3/c1-8(2)5-4-6-10(12(15)16)7-11(13)9(3)14/h8,10-11H,4-7,13H2,1-3H3,(H,15,16)/t10-,11-/m0/s1. The second-order valence-electron chi connectivity index (χ2n) is 4.81. The van der Waals surface area contributed by atoms with Crippen molar-refractivity contribution in [1.29, 1.82) is 0 Å². The lowest BCUT2D eigenvalue weighted by atomic mass is 9.92. The van der Waals surface area contributed by atoms with Crippen LogP contribution in [0.2, 0.25) is 0 Å². The zero-order chi connectivity index (χ0) is 12.7. The summed E-state index contributed by atoms with van der Waals surface area (Å²) in [5.41, 5.74) is 5.57. The molecule has 0 fully saturated rings. The first-order valence-electron chi connectivity index (χ1n) is 5.83. The Morgan fingerprint density at radius 2 is 1.81 bits per heavy atom. The highest BCUT2D eigenvalue weighted by atomic mass is 16.4. The Balaban J connectivity index is 4.08. The van der Waals surface area contributed by atoms with E-state index in [4.69, 9.17) is 10.8 Å². The number of Topliss-reactive ketones (excluding diaryl/α,β-unsaturated/α-hetero) is 1. The molecule has 16 heavy (non-hydrogen) atoms. The normalized spacial score (nSPS) is 14.8. The molecule has 0 heterocycles. The lowest BCUT2D eigenvalue weighted by Crippen LogP contribution is -2.33. The van der Waals surface area contributed by atoms with Crippen molar-refractivity contribution in [2.24, 2.45) is 17.6 Å². The molecule has 0 saturated heterocycles. The summed E-state index contributed by atoms with van der Waals surface area (Å²) in [6.07, 6.45) is 2.75. The van der Waals surface area contributed by atoms with E-state index >= 15 is 0 Å². The zero-order valence-electron chi connectivity index (χ0n) is 10.4. The summed E-state index contributed by atoms with van der Waals surface area (Å²) in [4.78, 5) is 21.9. The van der Waals surface area contributed by atoms with Gasteiger partial charge in [-0.3, -0.25) is 9.59 Å². The van der Waals surface area contributed by atoms with Crippen molar-refractivity contribution in [3.05, 3.63) is 0 Å². The van der Waals surface area contributed by atoms with Gasteiger partial charge in [-0.1, -0.05) is 26.7 Å². The van der Waals surface area contributed by atoms with Crippen molar-refractivity contribution < 1.29 is 14.7 Å². The van der Waals surface area contributed by atoms with Crippen molar-refractivity contribution in [1.82, 2.24) is 0 Å². The highest BCUT2D eigenvalue weighted by Gasteiger charge is 2.22. The molecule has 0 aromatic rings. The largest absolute Gasteiger partial charge is 0.481 e. The van der Waals surface area contributed by atoms with Crippen LogP contribution in [-0.4, -0.2) is 22.9 Å². The number of hydrogen-bond acceptors (Lipinski definition) is 3. The summed E-state index contributed by atoms with van der Waals surface area (Å²) in [5, 5.41) is 9.00. The minimum atomic E-state index is -0.847. The molecule has 94 valence electrons. The van der Waals surface area contributed by atoms with Gasteiger partial charge >= 0.3 is 5.97 Å². The van der Waals surface area contributed by atoms with Crippen LogP contribution in [0.3, 0.4) is 0 Å². The molecule has 0 aliphatic carbocycles. The number of carboxylic acid groups (broad SMARTS) is 1. The second-order valence-corrected chi connectivity index (χ2v) is 4.81. The van der Waals surface area contributed by atoms with Crippen LogP contribution in [0, 0.1) is 11.8 Å². The van der Waals surface area contributed by atoms with Gasteiger partial charge in [-0.15, -0.1) is 0 Å². The summed E-state index contributed by atoms with van der Waals surface area (Å²) in [7, 11) is 0. The molecule has 0 rings (SSSR count). The predicted octanol–water partition coefficient (Wildman–Crippen LogP) is 1.82.